The highest BCUT2D eigenvalue weighted by Crippen LogP contribution is 2.48. The molecule has 6 nitrogen and oxygen atoms in total. The van der Waals surface area contributed by atoms with E-state index in [1.54, 1.807) is 35.5 Å². The Hall–Kier alpha value is -3.80. The number of hydrogen-bond donors (Lipinski definition) is 0. The van der Waals surface area contributed by atoms with Crippen molar-refractivity contribution < 1.29 is 28.4 Å². The zero-order valence-electron chi connectivity index (χ0n) is 18.8. The highest BCUT2D eigenvalue weighted by Gasteiger charge is 2.28. The second-order valence-electron chi connectivity index (χ2n) is 7.16. The van der Waals surface area contributed by atoms with Crippen LogP contribution in [0.4, 0.5) is 0 Å². The molecule has 3 aromatic carbocycles. The van der Waals surface area contributed by atoms with Crippen LogP contribution in [0.25, 0.3) is 5.57 Å². The standard InChI is InChI=1S/C26H26O6/c1-27-17-8-6-16(7-9-17)22-15-21(20-11-10-18(28-2)12-23(20)32-22)26-24(30-4)13-19(29-3)14-25(26)31-5/h6-15,22H,1-5H3/t22-/m0/s1. The van der Waals surface area contributed by atoms with Gasteiger partial charge in [0.25, 0.3) is 0 Å². The summed E-state index contributed by atoms with van der Waals surface area (Å²) in [6, 6.07) is 17.3. The Morgan fingerprint density at radius 2 is 1.22 bits per heavy atom. The van der Waals surface area contributed by atoms with Crippen LogP contribution in [0.15, 0.2) is 60.7 Å². The van der Waals surface area contributed by atoms with Crippen molar-refractivity contribution in [1.82, 2.24) is 0 Å². The minimum Gasteiger partial charge on any atom is -0.497 e. The van der Waals surface area contributed by atoms with Crippen molar-refractivity contribution >= 4 is 5.57 Å². The maximum atomic E-state index is 6.37. The monoisotopic (exact) mass is 434 g/mol. The molecule has 4 rings (SSSR count). The predicted molar refractivity (Wildman–Crippen MR) is 123 cm³/mol. The van der Waals surface area contributed by atoms with Crippen LogP contribution >= 0.6 is 0 Å². The number of benzene rings is 3. The number of rotatable bonds is 7. The summed E-state index contributed by atoms with van der Waals surface area (Å²) in [6.07, 6.45) is 1.75. The van der Waals surface area contributed by atoms with Gasteiger partial charge in [0.2, 0.25) is 0 Å². The molecule has 32 heavy (non-hydrogen) atoms. The number of hydrogen-bond acceptors (Lipinski definition) is 6. The van der Waals surface area contributed by atoms with Crippen molar-refractivity contribution in [2.45, 2.75) is 6.10 Å². The SMILES string of the molecule is COc1ccc([C@@H]2C=C(c3c(OC)cc(OC)cc3OC)c3ccc(OC)cc3O2)cc1. The van der Waals surface area contributed by atoms with E-state index in [1.165, 1.54) is 0 Å². The fourth-order valence-electron chi connectivity index (χ4n) is 3.81. The zero-order valence-corrected chi connectivity index (χ0v) is 18.8. The van der Waals surface area contributed by atoms with Gasteiger partial charge < -0.3 is 28.4 Å². The first-order valence-corrected chi connectivity index (χ1v) is 10.1. The third-order valence-electron chi connectivity index (χ3n) is 5.48. The highest BCUT2D eigenvalue weighted by atomic mass is 16.5. The Kier molecular flexibility index (Phi) is 6.12. The normalized spacial score (nSPS) is 14.5. The van der Waals surface area contributed by atoms with E-state index in [0.29, 0.717) is 28.7 Å². The van der Waals surface area contributed by atoms with E-state index in [0.717, 1.165) is 28.0 Å². The highest BCUT2D eigenvalue weighted by molar-refractivity contribution is 5.90. The van der Waals surface area contributed by atoms with Crippen LogP contribution in [0.3, 0.4) is 0 Å². The van der Waals surface area contributed by atoms with Crippen molar-refractivity contribution in [2.24, 2.45) is 0 Å². The van der Waals surface area contributed by atoms with E-state index in [9.17, 15) is 0 Å². The van der Waals surface area contributed by atoms with Gasteiger partial charge in [-0.25, -0.2) is 0 Å². The summed E-state index contributed by atoms with van der Waals surface area (Å²) in [6.45, 7) is 0. The molecule has 0 N–H and O–H groups in total. The molecular weight excluding hydrogens is 408 g/mol. The van der Waals surface area contributed by atoms with Crippen LogP contribution in [0.5, 0.6) is 34.5 Å². The quantitative estimate of drug-likeness (QED) is 0.503. The summed E-state index contributed by atoms with van der Waals surface area (Å²) >= 11 is 0. The van der Waals surface area contributed by atoms with Crippen molar-refractivity contribution in [1.29, 1.82) is 0 Å². The first-order chi connectivity index (χ1) is 15.6. The molecule has 0 fully saturated rings. The average molecular weight is 434 g/mol. The number of ether oxygens (including phenoxy) is 6. The van der Waals surface area contributed by atoms with Gasteiger partial charge in [0.1, 0.15) is 40.6 Å². The molecule has 0 unspecified atom stereocenters. The lowest BCUT2D eigenvalue weighted by molar-refractivity contribution is 0.249. The molecule has 0 aromatic heterocycles. The lowest BCUT2D eigenvalue weighted by Crippen LogP contribution is -2.13. The van der Waals surface area contributed by atoms with E-state index in [2.05, 4.69) is 6.08 Å². The van der Waals surface area contributed by atoms with E-state index in [-0.39, 0.29) is 6.10 Å². The summed E-state index contributed by atoms with van der Waals surface area (Å²) in [5, 5.41) is 0. The van der Waals surface area contributed by atoms with Gasteiger partial charge in [-0.05, 0) is 35.9 Å². The molecular formula is C26H26O6. The van der Waals surface area contributed by atoms with E-state index >= 15 is 0 Å². The fourth-order valence-corrected chi connectivity index (χ4v) is 3.81. The zero-order chi connectivity index (χ0) is 22.7. The van der Waals surface area contributed by atoms with E-state index < -0.39 is 0 Å². The summed E-state index contributed by atoms with van der Waals surface area (Å²) in [5.41, 5.74) is 3.66. The van der Waals surface area contributed by atoms with Gasteiger partial charge in [0, 0.05) is 29.3 Å². The molecule has 0 bridgehead atoms. The molecule has 1 heterocycles. The maximum Gasteiger partial charge on any atom is 0.143 e. The van der Waals surface area contributed by atoms with Crippen LogP contribution < -0.4 is 28.4 Å². The van der Waals surface area contributed by atoms with Crippen LogP contribution in [0.2, 0.25) is 0 Å². The third-order valence-corrected chi connectivity index (χ3v) is 5.48. The molecule has 3 aromatic rings. The number of fused-ring (bicyclic) bond motifs is 1. The van der Waals surface area contributed by atoms with Gasteiger partial charge in [-0.1, -0.05) is 12.1 Å². The summed E-state index contributed by atoms with van der Waals surface area (Å²) in [7, 11) is 8.16. The Bertz CT molecular complexity index is 1110. The molecule has 0 radical (unpaired) electrons. The Morgan fingerprint density at radius 1 is 0.625 bits per heavy atom. The van der Waals surface area contributed by atoms with Crippen molar-refractivity contribution in [3.63, 3.8) is 0 Å². The van der Waals surface area contributed by atoms with Crippen molar-refractivity contribution in [3.05, 3.63) is 77.4 Å². The molecule has 0 aliphatic carbocycles. The largest absolute Gasteiger partial charge is 0.497 e. The van der Waals surface area contributed by atoms with Crippen LogP contribution in [0.1, 0.15) is 22.8 Å². The molecule has 0 saturated heterocycles. The molecule has 1 atom stereocenters. The topological polar surface area (TPSA) is 55.4 Å². The van der Waals surface area contributed by atoms with Gasteiger partial charge in [-0.3, -0.25) is 0 Å². The lowest BCUT2D eigenvalue weighted by atomic mass is 9.90. The lowest BCUT2D eigenvalue weighted by Gasteiger charge is -2.28. The molecule has 1 aliphatic heterocycles. The first-order valence-electron chi connectivity index (χ1n) is 10.1. The average Bonchev–Trinajstić information content (AvgIpc) is 2.86. The molecule has 0 amide bonds. The summed E-state index contributed by atoms with van der Waals surface area (Å²) in [5.74, 6) is 4.15. The molecule has 0 spiro atoms. The molecule has 1 aliphatic rings. The second kappa shape index (κ2) is 9.14. The van der Waals surface area contributed by atoms with Gasteiger partial charge in [-0.2, -0.15) is 0 Å². The minimum atomic E-state index is -0.327. The molecule has 6 heteroatoms. The first kappa shape index (κ1) is 21.4. The fraction of sp³-hybridized carbons (Fsp3) is 0.231. The Balaban J connectivity index is 1.92. The summed E-state index contributed by atoms with van der Waals surface area (Å²) in [4.78, 5) is 0. The predicted octanol–water partition coefficient (Wildman–Crippen LogP) is 5.30. The van der Waals surface area contributed by atoms with Gasteiger partial charge in [0.15, 0.2) is 0 Å². The Morgan fingerprint density at radius 3 is 1.78 bits per heavy atom. The van der Waals surface area contributed by atoms with Gasteiger partial charge in [0.05, 0.1) is 41.1 Å². The van der Waals surface area contributed by atoms with Crippen LogP contribution in [-0.4, -0.2) is 35.5 Å². The third kappa shape index (κ3) is 3.91. The molecule has 0 saturated carbocycles. The van der Waals surface area contributed by atoms with E-state index in [1.807, 2.05) is 54.6 Å². The minimum absolute atomic E-state index is 0.327. The van der Waals surface area contributed by atoms with Crippen LogP contribution in [-0.2, 0) is 0 Å². The summed E-state index contributed by atoms with van der Waals surface area (Å²) < 4.78 is 34.0. The number of methoxy groups -OCH3 is 5. The maximum absolute atomic E-state index is 6.37. The van der Waals surface area contributed by atoms with Gasteiger partial charge >= 0.3 is 0 Å². The van der Waals surface area contributed by atoms with Crippen molar-refractivity contribution in [2.75, 3.05) is 35.5 Å². The molecule has 166 valence electrons. The Labute approximate surface area is 187 Å². The second-order valence-corrected chi connectivity index (χ2v) is 7.16. The van der Waals surface area contributed by atoms with E-state index in [4.69, 9.17) is 28.4 Å². The smallest absolute Gasteiger partial charge is 0.143 e. The van der Waals surface area contributed by atoms with Crippen LogP contribution in [0, 0.1) is 0 Å². The van der Waals surface area contributed by atoms with Gasteiger partial charge in [-0.15, -0.1) is 0 Å². The van der Waals surface area contributed by atoms with Crippen molar-refractivity contribution in [3.8, 4) is 34.5 Å².